The molecule has 100 valence electrons. The molecule has 2 saturated carbocycles. The molecule has 0 spiro atoms. The van der Waals surface area contributed by atoms with Gasteiger partial charge in [0.05, 0.1) is 5.69 Å². The number of nitrogens with one attached hydrogen (secondary N) is 1. The van der Waals surface area contributed by atoms with Crippen molar-refractivity contribution in [2.24, 2.45) is 0 Å². The lowest BCUT2D eigenvalue weighted by molar-refractivity contribution is 0.355. The fourth-order valence-corrected chi connectivity index (χ4v) is 3.51. The average molecular weight is 247 g/mol. The Kier molecular flexibility index (Phi) is 3.57. The molecule has 0 aromatic carbocycles. The van der Waals surface area contributed by atoms with E-state index in [-0.39, 0.29) is 0 Å². The summed E-state index contributed by atoms with van der Waals surface area (Å²) >= 11 is 0. The van der Waals surface area contributed by atoms with E-state index >= 15 is 0 Å². The fourth-order valence-electron chi connectivity index (χ4n) is 3.51. The van der Waals surface area contributed by atoms with E-state index in [2.05, 4.69) is 23.0 Å². The van der Waals surface area contributed by atoms with Crippen molar-refractivity contribution in [2.75, 3.05) is 5.32 Å². The van der Waals surface area contributed by atoms with E-state index in [0.29, 0.717) is 12.1 Å². The smallest absolute Gasteiger partial charge is 0.203 e. The second kappa shape index (κ2) is 5.33. The van der Waals surface area contributed by atoms with Crippen LogP contribution in [0, 0.1) is 6.92 Å². The highest BCUT2D eigenvalue weighted by molar-refractivity contribution is 5.31. The number of nitrogens with zero attached hydrogens (tertiary/aromatic N) is 2. The number of rotatable bonds is 3. The van der Waals surface area contributed by atoms with Gasteiger partial charge in [-0.15, -0.1) is 0 Å². The largest absolute Gasteiger partial charge is 0.353 e. The summed E-state index contributed by atoms with van der Waals surface area (Å²) in [6.45, 7) is 2.11. The summed E-state index contributed by atoms with van der Waals surface area (Å²) in [4.78, 5) is 4.70. The number of aryl methyl sites for hydroxylation is 1. The van der Waals surface area contributed by atoms with Crippen molar-refractivity contribution in [3.63, 3.8) is 0 Å². The number of aromatic nitrogens is 2. The topological polar surface area (TPSA) is 29.9 Å². The zero-order valence-electron chi connectivity index (χ0n) is 11.5. The third-order valence-corrected chi connectivity index (χ3v) is 4.51. The highest BCUT2D eigenvalue weighted by atomic mass is 15.2. The van der Waals surface area contributed by atoms with Crippen LogP contribution >= 0.6 is 0 Å². The Morgan fingerprint density at radius 2 is 1.72 bits per heavy atom. The minimum atomic E-state index is 0.661. The normalized spacial score (nSPS) is 22.5. The van der Waals surface area contributed by atoms with E-state index in [1.165, 1.54) is 57.8 Å². The van der Waals surface area contributed by atoms with Crippen LogP contribution in [0.2, 0.25) is 0 Å². The maximum absolute atomic E-state index is 4.70. The summed E-state index contributed by atoms with van der Waals surface area (Å²) < 4.78 is 2.42. The first-order valence-corrected chi connectivity index (χ1v) is 7.65. The van der Waals surface area contributed by atoms with Gasteiger partial charge in [0.25, 0.3) is 0 Å². The molecule has 2 aliphatic rings. The molecule has 1 aromatic rings. The van der Waals surface area contributed by atoms with E-state index in [9.17, 15) is 0 Å². The third kappa shape index (κ3) is 2.55. The Labute approximate surface area is 110 Å². The first-order valence-electron chi connectivity index (χ1n) is 7.65. The molecule has 0 amide bonds. The number of hydrogen-bond donors (Lipinski definition) is 1. The van der Waals surface area contributed by atoms with Crippen molar-refractivity contribution in [3.05, 3.63) is 11.9 Å². The SMILES string of the molecule is Cc1cn(C2CCCCC2)c(NC2CCCC2)n1. The average Bonchev–Trinajstić information content (AvgIpc) is 3.01. The molecule has 0 radical (unpaired) electrons. The van der Waals surface area contributed by atoms with Crippen molar-refractivity contribution in [1.29, 1.82) is 0 Å². The molecule has 2 fully saturated rings. The molecular weight excluding hydrogens is 222 g/mol. The molecule has 0 saturated heterocycles. The predicted octanol–water partition coefficient (Wildman–Crippen LogP) is 4.05. The Bertz CT molecular complexity index is 384. The van der Waals surface area contributed by atoms with Crippen LogP contribution in [-0.4, -0.2) is 15.6 Å². The maximum Gasteiger partial charge on any atom is 0.203 e. The molecule has 1 N–H and O–H groups in total. The van der Waals surface area contributed by atoms with Gasteiger partial charge in [-0.1, -0.05) is 32.1 Å². The van der Waals surface area contributed by atoms with Crippen molar-refractivity contribution in [1.82, 2.24) is 9.55 Å². The monoisotopic (exact) mass is 247 g/mol. The summed E-state index contributed by atoms with van der Waals surface area (Å²) in [6.07, 6.45) is 14.5. The summed E-state index contributed by atoms with van der Waals surface area (Å²) in [5.41, 5.74) is 1.15. The number of imidazole rings is 1. The van der Waals surface area contributed by atoms with Gasteiger partial charge in [-0.25, -0.2) is 4.98 Å². The van der Waals surface area contributed by atoms with Crippen LogP contribution in [0.25, 0.3) is 0 Å². The molecule has 0 unspecified atom stereocenters. The predicted molar refractivity (Wildman–Crippen MR) is 75.0 cm³/mol. The summed E-state index contributed by atoms with van der Waals surface area (Å²) in [6, 6.07) is 1.35. The van der Waals surface area contributed by atoms with E-state index in [4.69, 9.17) is 4.98 Å². The number of hydrogen-bond acceptors (Lipinski definition) is 2. The summed E-state index contributed by atoms with van der Waals surface area (Å²) in [5.74, 6) is 1.13. The minimum Gasteiger partial charge on any atom is -0.353 e. The van der Waals surface area contributed by atoms with Gasteiger partial charge >= 0.3 is 0 Å². The van der Waals surface area contributed by atoms with Gasteiger partial charge in [-0.05, 0) is 32.6 Å². The van der Waals surface area contributed by atoms with Crippen molar-refractivity contribution < 1.29 is 0 Å². The Morgan fingerprint density at radius 1 is 1.06 bits per heavy atom. The van der Waals surface area contributed by atoms with Gasteiger partial charge in [0, 0.05) is 18.3 Å². The van der Waals surface area contributed by atoms with E-state index in [0.717, 1.165) is 11.6 Å². The van der Waals surface area contributed by atoms with Gasteiger partial charge in [0.15, 0.2) is 0 Å². The summed E-state index contributed by atoms with van der Waals surface area (Å²) in [7, 11) is 0. The second-order valence-electron chi connectivity index (χ2n) is 6.03. The Morgan fingerprint density at radius 3 is 2.44 bits per heavy atom. The molecule has 3 heteroatoms. The van der Waals surface area contributed by atoms with Gasteiger partial charge in [-0.3, -0.25) is 0 Å². The van der Waals surface area contributed by atoms with Gasteiger partial charge < -0.3 is 9.88 Å². The Hall–Kier alpha value is -0.990. The van der Waals surface area contributed by atoms with E-state index in [1.807, 2.05) is 0 Å². The fraction of sp³-hybridized carbons (Fsp3) is 0.800. The third-order valence-electron chi connectivity index (χ3n) is 4.51. The lowest BCUT2D eigenvalue weighted by Crippen LogP contribution is -2.21. The molecule has 1 heterocycles. The van der Waals surface area contributed by atoms with E-state index < -0.39 is 0 Å². The molecule has 3 nitrogen and oxygen atoms in total. The van der Waals surface area contributed by atoms with Crippen LogP contribution in [0.4, 0.5) is 5.95 Å². The summed E-state index contributed by atoms with van der Waals surface area (Å²) in [5, 5.41) is 3.68. The minimum absolute atomic E-state index is 0.661. The first kappa shape index (κ1) is 12.1. The highest BCUT2D eigenvalue weighted by Crippen LogP contribution is 2.31. The molecule has 3 rings (SSSR count). The quantitative estimate of drug-likeness (QED) is 0.873. The van der Waals surface area contributed by atoms with Crippen LogP contribution in [0.3, 0.4) is 0 Å². The van der Waals surface area contributed by atoms with Gasteiger partial charge in [0.1, 0.15) is 0 Å². The zero-order chi connectivity index (χ0) is 12.4. The van der Waals surface area contributed by atoms with Crippen LogP contribution in [0.15, 0.2) is 6.20 Å². The number of anilines is 1. The maximum atomic E-state index is 4.70. The van der Waals surface area contributed by atoms with Crippen LogP contribution in [0.1, 0.15) is 69.5 Å². The Balaban J connectivity index is 1.75. The van der Waals surface area contributed by atoms with Crippen molar-refractivity contribution >= 4 is 5.95 Å². The standard InChI is InChI=1S/C15H25N3/c1-12-11-18(14-9-3-2-4-10-14)15(16-12)17-13-7-5-6-8-13/h11,13-14H,2-10H2,1H3,(H,16,17). The molecule has 0 aliphatic heterocycles. The molecule has 0 atom stereocenters. The molecule has 18 heavy (non-hydrogen) atoms. The first-order chi connectivity index (χ1) is 8.83. The lowest BCUT2D eigenvalue weighted by atomic mass is 9.95. The molecule has 2 aliphatic carbocycles. The molecular formula is C15H25N3. The lowest BCUT2D eigenvalue weighted by Gasteiger charge is -2.25. The molecule has 1 aromatic heterocycles. The van der Waals surface area contributed by atoms with Crippen molar-refractivity contribution in [2.45, 2.75) is 76.8 Å². The second-order valence-corrected chi connectivity index (χ2v) is 6.03. The zero-order valence-corrected chi connectivity index (χ0v) is 11.5. The van der Waals surface area contributed by atoms with Crippen LogP contribution in [-0.2, 0) is 0 Å². The van der Waals surface area contributed by atoms with Crippen LogP contribution in [0.5, 0.6) is 0 Å². The van der Waals surface area contributed by atoms with Gasteiger partial charge in [-0.2, -0.15) is 0 Å². The molecule has 0 bridgehead atoms. The van der Waals surface area contributed by atoms with E-state index in [1.54, 1.807) is 0 Å². The van der Waals surface area contributed by atoms with Gasteiger partial charge in [0.2, 0.25) is 5.95 Å². The highest BCUT2D eigenvalue weighted by Gasteiger charge is 2.21. The van der Waals surface area contributed by atoms with Crippen LogP contribution < -0.4 is 5.32 Å². The van der Waals surface area contributed by atoms with Crippen molar-refractivity contribution in [3.8, 4) is 0 Å².